The predicted octanol–water partition coefficient (Wildman–Crippen LogP) is 4.39. The molecule has 0 aromatic carbocycles. The molecule has 0 amide bonds. The Morgan fingerprint density at radius 1 is 1.18 bits per heavy atom. The van der Waals surface area contributed by atoms with Crippen LogP contribution in [0.3, 0.4) is 0 Å². The maximum Gasteiger partial charge on any atom is 0.332 e. The molecular weight excluding hydrogens is 235 g/mol. The first-order valence-corrected chi connectivity index (χ1v) is 7.86. The predicted molar refractivity (Wildman–Crippen MR) is 71.4 cm³/mol. The van der Waals surface area contributed by atoms with E-state index >= 15 is 0 Å². The van der Waals surface area contributed by atoms with Crippen LogP contribution in [0.4, 0.5) is 0 Å². The topological polar surface area (TPSA) is 35.5 Å². The van der Waals surface area contributed by atoms with E-state index in [1.165, 1.54) is 5.57 Å². The van der Waals surface area contributed by atoms with E-state index in [1.54, 1.807) is 0 Å². The molecule has 0 bridgehead atoms. The molecule has 1 aliphatic rings. The maximum atomic E-state index is 12.6. The second-order valence-electron chi connectivity index (χ2n) is 6.22. The summed E-state index contributed by atoms with van der Waals surface area (Å²) in [7, 11) is -2.97. The van der Waals surface area contributed by atoms with Gasteiger partial charge in [-0.15, -0.1) is 0 Å². The molecule has 0 spiro atoms. The molecule has 0 aliphatic carbocycles. The Hall–Kier alpha value is -0.110. The first kappa shape index (κ1) is 14.9. The van der Waals surface area contributed by atoms with Gasteiger partial charge in [0.25, 0.3) is 0 Å². The van der Waals surface area contributed by atoms with Gasteiger partial charge in [0.2, 0.25) is 0 Å². The highest BCUT2D eigenvalue weighted by Crippen LogP contribution is 2.64. The summed E-state index contributed by atoms with van der Waals surface area (Å²) in [5, 5.41) is 0. The van der Waals surface area contributed by atoms with Crippen LogP contribution in [0.2, 0.25) is 0 Å². The first-order chi connectivity index (χ1) is 7.47. The lowest BCUT2D eigenvalue weighted by molar-refractivity contribution is 0.00578. The van der Waals surface area contributed by atoms with Gasteiger partial charge >= 0.3 is 7.60 Å². The van der Waals surface area contributed by atoms with Crippen molar-refractivity contribution < 1.29 is 13.6 Å². The van der Waals surface area contributed by atoms with Crippen LogP contribution in [0, 0.1) is 5.92 Å². The fourth-order valence-electron chi connectivity index (χ4n) is 1.98. The molecule has 3 nitrogen and oxygen atoms in total. The highest BCUT2D eigenvalue weighted by molar-refractivity contribution is 7.54. The zero-order valence-electron chi connectivity index (χ0n) is 12.0. The molecule has 0 aromatic heterocycles. The van der Waals surface area contributed by atoms with Crippen LogP contribution in [0.15, 0.2) is 11.6 Å². The third kappa shape index (κ3) is 3.43. The summed E-state index contributed by atoms with van der Waals surface area (Å²) in [6.07, 6.45) is 2.55. The Labute approximate surface area is 105 Å². The summed E-state index contributed by atoms with van der Waals surface area (Å²) in [5.74, 6) is 0.204. The molecule has 1 heterocycles. The van der Waals surface area contributed by atoms with Gasteiger partial charge in [-0.05, 0) is 47.5 Å². The molecule has 17 heavy (non-hydrogen) atoms. The maximum absolute atomic E-state index is 12.6. The average Bonchev–Trinajstić information content (AvgIpc) is 2.10. The van der Waals surface area contributed by atoms with Crippen molar-refractivity contribution in [3.05, 3.63) is 11.6 Å². The van der Waals surface area contributed by atoms with Gasteiger partial charge in [-0.25, -0.2) is 0 Å². The average molecular weight is 260 g/mol. The minimum atomic E-state index is -2.97. The van der Waals surface area contributed by atoms with Gasteiger partial charge in [0.1, 0.15) is 11.2 Å². The Morgan fingerprint density at radius 3 is 1.94 bits per heavy atom. The van der Waals surface area contributed by atoms with Gasteiger partial charge in [0, 0.05) is 0 Å². The van der Waals surface area contributed by atoms with E-state index in [0.29, 0.717) is 6.16 Å². The lowest BCUT2D eigenvalue weighted by Gasteiger charge is -2.29. The highest BCUT2D eigenvalue weighted by Gasteiger charge is 2.55. The van der Waals surface area contributed by atoms with E-state index in [0.717, 1.165) is 0 Å². The highest BCUT2D eigenvalue weighted by atomic mass is 31.2. The van der Waals surface area contributed by atoms with Crippen LogP contribution < -0.4 is 0 Å². The van der Waals surface area contributed by atoms with Gasteiger partial charge in [0.15, 0.2) is 0 Å². The number of hydrogen-bond acceptors (Lipinski definition) is 3. The molecule has 0 N–H and O–H groups in total. The first-order valence-electron chi connectivity index (χ1n) is 6.13. The molecule has 1 atom stereocenters. The summed E-state index contributed by atoms with van der Waals surface area (Å²) < 4.78 is 24.0. The Balaban J connectivity index is 2.81. The van der Waals surface area contributed by atoms with Crippen molar-refractivity contribution >= 4 is 7.60 Å². The zero-order valence-corrected chi connectivity index (χ0v) is 12.9. The lowest BCUT2D eigenvalue weighted by Crippen LogP contribution is -2.41. The van der Waals surface area contributed by atoms with Crippen LogP contribution in [0.25, 0.3) is 0 Å². The molecule has 0 radical (unpaired) electrons. The molecule has 1 fully saturated rings. The summed E-state index contributed by atoms with van der Waals surface area (Å²) >= 11 is 0. The Morgan fingerprint density at radius 2 is 1.59 bits per heavy atom. The smallest absolute Gasteiger partial charge is 0.299 e. The van der Waals surface area contributed by atoms with Crippen LogP contribution in [-0.2, 0) is 13.6 Å². The van der Waals surface area contributed by atoms with Crippen molar-refractivity contribution in [1.82, 2.24) is 0 Å². The van der Waals surface area contributed by atoms with Crippen molar-refractivity contribution in [3.63, 3.8) is 0 Å². The second-order valence-corrected chi connectivity index (χ2v) is 8.17. The summed E-state index contributed by atoms with van der Waals surface area (Å²) in [6.45, 7) is 13.8. The van der Waals surface area contributed by atoms with E-state index in [1.807, 2.05) is 48.5 Å². The molecule has 1 rings (SSSR count). The van der Waals surface area contributed by atoms with E-state index in [2.05, 4.69) is 6.08 Å². The van der Waals surface area contributed by atoms with E-state index < -0.39 is 18.8 Å². The van der Waals surface area contributed by atoms with Crippen LogP contribution >= 0.6 is 7.60 Å². The summed E-state index contributed by atoms with van der Waals surface area (Å²) in [5.41, 5.74) is 0.210. The molecule has 4 heteroatoms. The van der Waals surface area contributed by atoms with Crippen molar-refractivity contribution in [1.29, 1.82) is 0 Å². The van der Waals surface area contributed by atoms with Crippen molar-refractivity contribution in [2.45, 2.75) is 59.7 Å². The molecular formula is C13H25O3P. The zero-order chi connectivity index (χ0) is 13.5. The van der Waals surface area contributed by atoms with E-state index in [4.69, 9.17) is 9.05 Å². The lowest BCUT2D eigenvalue weighted by atomic mass is 9.90. The third-order valence-corrected chi connectivity index (χ3v) is 5.81. The molecule has 0 saturated carbocycles. The van der Waals surface area contributed by atoms with Gasteiger partial charge in [-0.1, -0.05) is 18.6 Å². The number of allylic oxidation sites excluding steroid dienone is 2. The fraction of sp³-hybridized carbons (Fsp3) is 0.846. The van der Waals surface area contributed by atoms with E-state index in [-0.39, 0.29) is 5.92 Å². The summed E-state index contributed by atoms with van der Waals surface area (Å²) in [6, 6.07) is 0. The molecule has 1 saturated heterocycles. The number of rotatable bonds is 3. The minimum absolute atomic E-state index is 0.204. The molecule has 100 valence electrons. The monoisotopic (exact) mass is 260 g/mol. The third-order valence-electron chi connectivity index (χ3n) is 3.31. The minimum Gasteiger partial charge on any atom is -0.299 e. The molecule has 0 aromatic rings. The van der Waals surface area contributed by atoms with Crippen LogP contribution in [-0.4, -0.2) is 17.4 Å². The normalized spacial score (nSPS) is 26.5. The van der Waals surface area contributed by atoms with E-state index in [9.17, 15) is 4.57 Å². The van der Waals surface area contributed by atoms with Gasteiger partial charge < -0.3 is 0 Å². The Kier molecular flexibility index (Phi) is 3.98. The molecule has 1 unspecified atom stereocenters. The van der Waals surface area contributed by atoms with Crippen molar-refractivity contribution in [3.8, 4) is 0 Å². The van der Waals surface area contributed by atoms with Crippen molar-refractivity contribution in [2.75, 3.05) is 6.16 Å². The summed E-state index contributed by atoms with van der Waals surface area (Å²) in [4.78, 5) is 0. The van der Waals surface area contributed by atoms with Gasteiger partial charge in [-0.2, -0.15) is 0 Å². The van der Waals surface area contributed by atoms with Gasteiger partial charge in [-0.3, -0.25) is 13.6 Å². The fourth-order valence-corrected chi connectivity index (χ4v) is 4.81. The van der Waals surface area contributed by atoms with Crippen molar-refractivity contribution in [2.24, 2.45) is 5.92 Å². The number of hydrogen-bond donors (Lipinski definition) is 0. The Bertz CT molecular complexity index is 345. The van der Waals surface area contributed by atoms with Crippen LogP contribution in [0.1, 0.15) is 48.5 Å². The molecule has 1 aliphatic heterocycles. The second kappa shape index (κ2) is 4.53. The van der Waals surface area contributed by atoms with Crippen LogP contribution in [0.5, 0.6) is 0 Å². The quantitative estimate of drug-likeness (QED) is 0.557. The standard InChI is InChI=1S/C13H25O3P/c1-10(2)8-11(3)9-17(14)15-12(4,5)13(6,7)16-17/h8,11H,9H2,1-7H3. The SMILES string of the molecule is CC(C)=CC(C)CP1(=O)OC(C)(C)C(C)(C)O1. The van der Waals surface area contributed by atoms with Gasteiger partial charge in [0.05, 0.1) is 6.16 Å². The largest absolute Gasteiger partial charge is 0.332 e.